The fourth-order valence-corrected chi connectivity index (χ4v) is 1.87. The highest BCUT2D eigenvalue weighted by Crippen LogP contribution is 2.50. The molecular formula is C8H11NO6. The van der Waals surface area contributed by atoms with Gasteiger partial charge in [0.1, 0.15) is 6.04 Å². The molecule has 0 aliphatic heterocycles. The first-order valence-electron chi connectivity index (χ1n) is 4.29. The fourth-order valence-electron chi connectivity index (χ4n) is 1.87. The molecule has 0 amide bonds. The molecule has 7 heteroatoms. The first-order valence-corrected chi connectivity index (χ1v) is 4.29. The number of carboxylic acids is 3. The Balaban J connectivity index is 2.69. The van der Waals surface area contributed by atoms with Gasteiger partial charge in [-0.25, -0.2) is 0 Å². The first-order chi connectivity index (χ1) is 6.86. The van der Waals surface area contributed by atoms with Gasteiger partial charge in [-0.2, -0.15) is 0 Å². The van der Waals surface area contributed by atoms with E-state index in [-0.39, 0.29) is 6.42 Å². The molecule has 4 atom stereocenters. The molecule has 0 bridgehead atoms. The summed E-state index contributed by atoms with van der Waals surface area (Å²) in [5.41, 5.74) is 5.26. The van der Waals surface area contributed by atoms with Crippen molar-refractivity contribution in [2.24, 2.45) is 23.5 Å². The van der Waals surface area contributed by atoms with Crippen LogP contribution in [-0.4, -0.2) is 39.3 Å². The van der Waals surface area contributed by atoms with Gasteiger partial charge in [-0.05, 0) is 5.92 Å². The number of rotatable bonds is 5. The summed E-state index contributed by atoms with van der Waals surface area (Å²) in [5, 5.41) is 25.8. The van der Waals surface area contributed by atoms with Crippen molar-refractivity contribution in [1.29, 1.82) is 0 Å². The van der Waals surface area contributed by atoms with Gasteiger partial charge in [0.15, 0.2) is 0 Å². The Morgan fingerprint density at radius 3 is 2.07 bits per heavy atom. The molecule has 0 unspecified atom stereocenters. The largest absolute Gasteiger partial charge is 0.481 e. The number of carbonyl (C=O) groups is 3. The van der Waals surface area contributed by atoms with Gasteiger partial charge in [0.05, 0.1) is 5.92 Å². The smallest absolute Gasteiger partial charge is 0.320 e. The van der Waals surface area contributed by atoms with Crippen molar-refractivity contribution in [1.82, 2.24) is 0 Å². The van der Waals surface area contributed by atoms with Crippen LogP contribution in [0.25, 0.3) is 0 Å². The average Bonchev–Trinajstić information content (AvgIpc) is 2.76. The molecule has 0 aromatic rings. The third-order valence-electron chi connectivity index (χ3n) is 2.62. The third-order valence-corrected chi connectivity index (χ3v) is 2.62. The molecule has 0 aromatic heterocycles. The fraction of sp³-hybridized carbons (Fsp3) is 0.625. The third kappa shape index (κ3) is 2.24. The lowest BCUT2D eigenvalue weighted by Gasteiger charge is -2.03. The molecule has 84 valence electrons. The summed E-state index contributed by atoms with van der Waals surface area (Å²) in [7, 11) is 0. The molecule has 1 aliphatic rings. The van der Waals surface area contributed by atoms with Crippen LogP contribution >= 0.6 is 0 Å². The molecule has 0 radical (unpaired) electrons. The van der Waals surface area contributed by atoms with Crippen molar-refractivity contribution >= 4 is 17.9 Å². The zero-order valence-electron chi connectivity index (χ0n) is 7.66. The molecule has 7 nitrogen and oxygen atoms in total. The number of carboxylic acid groups (broad SMARTS) is 3. The standard InChI is InChI=1S/C8H11NO6/c9-6(8(14)15)4-2(1-3(10)11)5(4)7(12)13/h2,4-6H,1,9H2,(H,10,11)(H,12,13)(H,14,15)/t2-,4+,5+,6+/m1/s1. The van der Waals surface area contributed by atoms with Crippen molar-refractivity contribution in [2.45, 2.75) is 12.5 Å². The summed E-state index contributed by atoms with van der Waals surface area (Å²) in [4.78, 5) is 31.5. The Labute approximate surface area is 84.5 Å². The van der Waals surface area contributed by atoms with Gasteiger partial charge in [0.2, 0.25) is 0 Å². The monoisotopic (exact) mass is 217 g/mol. The predicted octanol–water partition coefficient (Wildman–Crippen LogP) is -1.18. The number of nitrogens with two attached hydrogens (primary N) is 1. The minimum atomic E-state index is -1.31. The van der Waals surface area contributed by atoms with E-state index in [2.05, 4.69) is 0 Å². The Bertz CT molecular complexity index is 314. The molecule has 1 aliphatic carbocycles. The Kier molecular flexibility index (Phi) is 2.94. The molecule has 0 heterocycles. The van der Waals surface area contributed by atoms with Crippen LogP contribution < -0.4 is 5.73 Å². The summed E-state index contributed by atoms with van der Waals surface area (Å²) in [5.74, 6) is -6.05. The Morgan fingerprint density at radius 1 is 1.20 bits per heavy atom. The van der Waals surface area contributed by atoms with Crippen molar-refractivity contribution in [2.75, 3.05) is 0 Å². The van der Waals surface area contributed by atoms with Gasteiger partial charge in [0, 0.05) is 12.3 Å². The lowest BCUT2D eigenvalue weighted by Crippen LogP contribution is -2.34. The van der Waals surface area contributed by atoms with E-state index in [1.807, 2.05) is 0 Å². The molecule has 0 aromatic carbocycles. The minimum Gasteiger partial charge on any atom is -0.481 e. The van der Waals surface area contributed by atoms with Gasteiger partial charge >= 0.3 is 17.9 Å². The number of hydrogen-bond donors (Lipinski definition) is 4. The van der Waals surface area contributed by atoms with Crippen LogP contribution in [0.5, 0.6) is 0 Å². The van der Waals surface area contributed by atoms with E-state index in [4.69, 9.17) is 21.1 Å². The maximum atomic E-state index is 10.6. The van der Waals surface area contributed by atoms with Crippen molar-refractivity contribution in [3.05, 3.63) is 0 Å². The van der Waals surface area contributed by atoms with E-state index < -0.39 is 41.7 Å². The topological polar surface area (TPSA) is 138 Å². The van der Waals surface area contributed by atoms with Gasteiger partial charge in [0.25, 0.3) is 0 Å². The Hall–Kier alpha value is -1.63. The maximum absolute atomic E-state index is 10.6. The van der Waals surface area contributed by atoms with Crippen LogP contribution in [0.15, 0.2) is 0 Å². The second-order valence-electron chi connectivity index (χ2n) is 3.57. The van der Waals surface area contributed by atoms with Crippen LogP contribution in [-0.2, 0) is 14.4 Å². The van der Waals surface area contributed by atoms with Crippen LogP contribution in [0.3, 0.4) is 0 Å². The lowest BCUT2D eigenvalue weighted by atomic mass is 10.1. The van der Waals surface area contributed by atoms with E-state index >= 15 is 0 Å². The average molecular weight is 217 g/mol. The van der Waals surface area contributed by atoms with E-state index in [1.54, 1.807) is 0 Å². The first kappa shape index (κ1) is 11.4. The van der Waals surface area contributed by atoms with Crippen LogP contribution in [0.4, 0.5) is 0 Å². The van der Waals surface area contributed by atoms with E-state index in [1.165, 1.54) is 0 Å². The molecular weight excluding hydrogens is 206 g/mol. The molecule has 15 heavy (non-hydrogen) atoms. The maximum Gasteiger partial charge on any atom is 0.320 e. The summed E-state index contributed by atoms with van der Waals surface area (Å²) in [6.45, 7) is 0. The second-order valence-corrected chi connectivity index (χ2v) is 3.57. The van der Waals surface area contributed by atoms with Gasteiger partial charge in [-0.3, -0.25) is 14.4 Å². The summed E-state index contributed by atoms with van der Waals surface area (Å²) in [6.07, 6.45) is -0.359. The van der Waals surface area contributed by atoms with Crippen molar-refractivity contribution < 1.29 is 29.7 Å². The van der Waals surface area contributed by atoms with Crippen molar-refractivity contribution in [3.63, 3.8) is 0 Å². The highest BCUT2D eigenvalue weighted by molar-refractivity contribution is 5.81. The molecule has 0 spiro atoms. The highest BCUT2D eigenvalue weighted by atomic mass is 16.4. The minimum absolute atomic E-state index is 0.359. The Morgan fingerprint density at radius 2 is 1.73 bits per heavy atom. The predicted molar refractivity (Wildman–Crippen MR) is 46.0 cm³/mol. The molecule has 0 saturated heterocycles. The van der Waals surface area contributed by atoms with Crippen LogP contribution in [0, 0.1) is 17.8 Å². The molecule has 5 N–H and O–H groups in total. The zero-order valence-corrected chi connectivity index (χ0v) is 7.66. The highest BCUT2D eigenvalue weighted by Gasteiger charge is 2.59. The zero-order chi connectivity index (χ0) is 11.7. The second kappa shape index (κ2) is 3.85. The lowest BCUT2D eigenvalue weighted by molar-refractivity contribution is -0.140. The van der Waals surface area contributed by atoms with Crippen molar-refractivity contribution in [3.8, 4) is 0 Å². The van der Waals surface area contributed by atoms with Crippen LogP contribution in [0.1, 0.15) is 6.42 Å². The van der Waals surface area contributed by atoms with E-state index in [0.29, 0.717) is 0 Å². The van der Waals surface area contributed by atoms with Crippen LogP contribution in [0.2, 0.25) is 0 Å². The number of hydrogen-bond acceptors (Lipinski definition) is 4. The van der Waals surface area contributed by atoms with Gasteiger partial charge in [-0.15, -0.1) is 0 Å². The molecule has 1 saturated carbocycles. The molecule has 1 rings (SSSR count). The van der Waals surface area contributed by atoms with Gasteiger partial charge in [-0.1, -0.05) is 0 Å². The van der Waals surface area contributed by atoms with Gasteiger partial charge < -0.3 is 21.1 Å². The van der Waals surface area contributed by atoms with E-state index in [0.717, 1.165) is 0 Å². The SMILES string of the molecule is N[C@H](C(=O)O)[C@H]1[C@@H](CC(=O)O)[C@@H]1C(=O)O. The summed E-state index contributed by atoms with van der Waals surface area (Å²) in [6, 6.07) is -1.31. The normalized spacial score (nSPS) is 30.6. The quantitative estimate of drug-likeness (QED) is 0.454. The summed E-state index contributed by atoms with van der Waals surface area (Å²) >= 11 is 0. The van der Waals surface area contributed by atoms with E-state index in [9.17, 15) is 14.4 Å². The summed E-state index contributed by atoms with van der Waals surface area (Å²) < 4.78 is 0. The number of aliphatic carboxylic acids is 3. The molecule has 1 fully saturated rings.